The fourth-order valence-corrected chi connectivity index (χ4v) is 4.94. The van der Waals surface area contributed by atoms with Crippen molar-refractivity contribution in [2.75, 3.05) is 26.2 Å². The number of aromatic nitrogens is 2. The summed E-state index contributed by atoms with van der Waals surface area (Å²) < 4.78 is 0. The number of hydrogen-bond donors (Lipinski definition) is 4. The summed E-state index contributed by atoms with van der Waals surface area (Å²) in [4.78, 5) is 6.74. The van der Waals surface area contributed by atoms with E-state index in [2.05, 4.69) is 81.5 Å². The van der Waals surface area contributed by atoms with Crippen molar-refractivity contribution in [1.82, 2.24) is 20.6 Å². The molecule has 0 bridgehead atoms. The highest BCUT2D eigenvalue weighted by Crippen LogP contribution is 2.32. The van der Waals surface area contributed by atoms with Crippen LogP contribution in [0.15, 0.2) is 60.9 Å². The van der Waals surface area contributed by atoms with Gasteiger partial charge in [-0.1, -0.05) is 36.4 Å². The van der Waals surface area contributed by atoms with Gasteiger partial charge in [-0.25, -0.2) is 0 Å². The second kappa shape index (κ2) is 9.07. The van der Waals surface area contributed by atoms with E-state index in [-0.39, 0.29) is 0 Å². The first-order chi connectivity index (χ1) is 14.9. The molecule has 5 rings (SSSR count). The van der Waals surface area contributed by atoms with Crippen molar-refractivity contribution >= 4 is 21.8 Å². The Balaban J connectivity index is 0.948. The maximum Gasteiger partial charge on any atom is 0.0456 e. The Hall–Kier alpha value is -2.56. The van der Waals surface area contributed by atoms with Crippen LogP contribution in [-0.2, 0) is 12.8 Å². The van der Waals surface area contributed by atoms with Crippen LogP contribution in [0.1, 0.15) is 24.0 Å². The van der Waals surface area contributed by atoms with Gasteiger partial charge in [0.2, 0.25) is 0 Å². The first kappa shape index (κ1) is 19.4. The third-order valence-corrected chi connectivity index (χ3v) is 6.69. The molecule has 1 saturated carbocycles. The molecule has 0 aliphatic heterocycles. The van der Waals surface area contributed by atoms with Crippen molar-refractivity contribution in [1.29, 1.82) is 0 Å². The molecule has 1 fully saturated rings. The minimum absolute atomic E-state index is 0.855. The molecule has 156 valence electrons. The molecule has 4 heteroatoms. The summed E-state index contributed by atoms with van der Waals surface area (Å²) in [5.41, 5.74) is 5.33. The van der Waals surface area contributed by atoms with E-state index < -0.39 is 0 Å². The van der Waals surface area contributed by atoms with Crippen LogP contribution in [0.3, 0.4) is 0 Å². The van der Waals surface area contributed by atoms with E-state index in [4.69, 9.17) is 0 Å². The lowest BCUT2D eigenvalue weighted by molar-refractivity contribution is 0.185. The van der Waals surface area contributed by atoms with Gasteiger partial charge in [-0.05, 0) is 87.0 Å². The third kappa shape index (κ3) is 4.30. The van der Waals surface area contributed by atoms with E-state index in [1.807, 2.05) is 0 Å². The lowest BCUT2D eigenvalue weighted by Crippen LogP contribution is -2.38. The number of hydrogen-bond acceptors (Lipinski definition) is 2. The number of aromatic amines is 2. The van der Waals surface area contributed by atoms with Gasteiger partial charge in [0, 0.05) is 34.2 Å². The molecule has 2 aromatic heterocycles. The topological polar surface area (TPSA) is 55.6 Å². The Bertz CT molecular complexity index is 1000. The molecule has 4 aromatic rings. The number of para-hydroxylation sites is 2. The molecule has 1 aliphatic carbocycles. The Morgan fingerprint density at radius 3 is 1.63 bits per heavy atom. The van der Waals surface area contributed by atoms with Crippen LogP contribution in [0.2, 0.25) is 0 Å². The largest absolute Gasteiger partial charge is 0.361 e. The normalized spacial score (nSPS) is 18.8. The molecule has 0 amide bonds. The van der Waals surface area contributed by atoms with Crippen molar-refractivity contribution in [3.63, 3.8) is 0 Å². The molecular formula is C26H32N4. The van der Waals surface area contributed by atoms with Gasteiger partial charge in [-0.2, -0.15) is 0 Å². The SMILES string of the molecule is c1ccc2c(CCNC[C@H]3C[C@H](CNCCc4c[nH]c5ccccc45)C3)c[nH]c2c1. The highest BCUT2D eigenvalue weighted by Gasteiger charge is 2.27. The minimum Gasteiger partial charge on any atom is -0.361 e. The van der Waals surface area contributed by atoms with E-state index in [9.17, 15) is 0 Å². The zero-order chi connectivity index (χ0) is 20.2. The van der Waals surface area contributed by atoms with Crippen LogP contribution in [0.25, 0.3) is 21.8 Å². The van der Waals surface area contributed by atoms with Crippen LogP contribution >= 0.6 is 0 Å². The van der Waals surface area contributed by atoms with Crippen LogP contribution in [0.5, 0.6) is 0 Å². The summed E-state index contributed by atoms with van der Waals surface area (Å²) in [6, 6.07) is 17.1. The summed E-state index contributed by atoms with van der Waals surface area (Å²) in [6.07, 6.45) is 9.23. The van der Waals surface area contributed by atoms with Gasteiger partial charge in [0.25, 0.3) is 0 Å². The van der Waals surface area contributed by atoms with Gasteiger partial charge < -0.3 is 20.6 Å². The first-order valence-corrected chi connectivity index (χ1v) is 11.4. The maximum absolute atomic E-state index is 3.68. The molecule has 4 N–H and O–H groups in total. The van der Waals surface area contributed by atoms with Gasteiger partial charge in [0.1, 0.15) is 0 Å². The van der Waals surface area contributed by atoms with Crippen molar-refractivity contribution in [2.24, 2.45) is 11.8 Å². The highest BCUT2D eigenvalue weighted by molar-refractivity contribution is 5.83. The second-order valence-electron chi connectivity index (χ2n) is 8.83. The Labute approximate surface area is 178 Å². The summed E-state index contributed by atoms with van der Waals surface area (Å²) >= 11 is 0. The van der Waals surface area contributed by atoms with Crippen molar-refractivity contribution in [3.05, 3.63) is 72.1 Å². The van der Waals surface area contributed by atoms with Gasteiger partial charge in [0.15, 0.2) is 0 Å². The fourth-order valence-electron chi connectivity index (χ4n) is 4.94. The predicted molar refractivity (Wildman–Crippen MR) is 126 cm³/mol. The molecule has 0 unspecified atom stereocenters. The molecule has 2 aromatic carbocycles. The zero-order valence-corrected chi connectivity index (χ0v) is 17.6. The maximum atomic E-state index is 3.68. The monoisotopic (exact) mass is 400 g/mol. The molecule has 30 heavy (non-hydrogen) atoms. The van der Waals surface area contributed by atoms with Crippen molar-refractivity contribution in [2.45, 2.75) is 25.7 Å². The van der Waals surface area contributed by atoms with Gasteiger partial charge >= 0.3 is 0 Å². The Morgan fingerprint density at radius 1 is 0.667 bits per heavy atom. The molecule has 4 nitrogen and oxygen atoms in total. The summed E-state index contributed by atoms with van der Waals surface area (Å²) in [7, 11) is 0. The van der Waals surface area contributed by atoms with E-state index in [1.54, 1.807) is 0 Å². The van der Waals surface area contributed by atoms with Crippen LogP contribution < -0.4 is 10.6 Å². The summed E-state index contributed by atoms with van der Waals surface area (Å²) in [5.74, 6) is 1.71. The number of rotatable bonds is 10. The standard InChI is InChI=1S/C26H32N4/c1-3-7-25-23(5-1)21(17-29-25)9-11-27-15-19-13-20(14-19)16-28-12-10-22-18-30-26-8-4-2-6-24(22)26/h1-8,17-20,27-30H,9-16H2/t19-,20-. The smallest absolute Gasteiger partial charge is 0.0456 e. The Morgan fingerprint density at radius 2 is 1.13 bits per heavy atom. The minimum atomic E-state index is 0.855. The van der Waals surface area contributed by atoms with E-state index in [1.165, 1.54) is 45.8 Å². The summed E-state index contributed by atoms with van der Waals surface area (Å²) in [6.45, 7) is 4.44. The number of nitrogens with one attached hydrogen (secondary N) is 4. The number of H-pyrrole nitrogens is 2. The number of fused-ring (bicyclic) bond motifs is 2. The lowest BCUT2D eigenvalue weighted by Gasteiger charge is -2.35. The van der Waals surface area contributed by atoms with E-state index in [0.717, 1.165) is 50.9 Å². The molecule has 0 atom stereocenters. The fraction of sp³-hybridized carbons (Fsp3) is 0.385. The molecule has 0 radical (unpaired) electrons. The van der Waals surface area contributed by atoms with Gasteiger partial charge in [-0.15, -0.1) is 0 Å². The van der Waals surface area contributed by atoms with Crippen molar-refractivity contribution in [3.8, 4) is 0 Å². The first-order valence-electron chi connectivity index (χ1n) is 11.4. The van der Waals surface area contributed by atoms with E-state index in [0.29, 0.717) is 0 Å². The van der Waals surface area contributed by atoms with Crippen LogP contribution in [-0.4, -0.2) is 36.1 Å². The van der Waals surface area contributed by atoms with Gasteiger partial charge in [-0.3, -0.25) is 0 Å². The summed E-state index contributed by atoms with van der Waals surface area (Å²) in [5, 5.41) is 10.1. The predicted octanol–water partition coefficient (Wildman–Crippen LogP) is 4.64. The zero-order valence-electron chi connectivity index (χ0n) is 17.6. The van der Waals surface area contributed by atoms with E-state index >= 15 is 0 Å². The molecule has 2 heterocycles. The molecule has 0 saturated heterocycles. The number of benzene rings is 2. The molecule has 1 aliphatic rings. The second-order valence-corrected chi connectivity index (χ2v) is 8.83. The Kier molecular flexibility index (Phi) is 5.87. The quantitative estimate of drug-likeness (QED) is 0.293. The van der Waals surface area contributed by atoms with Crippen molar-refractivity contribution < 1.29 is 0 Å². The van der Waals surface area contributed by atoms with Crippen LogP contribution in [0, 0.1) is 11.8 Å². The van der Waals surface area contributed by atoms with Crippen LogP contribution in [0.4, 0.5) is 0 Å². The van der Waals surface area contributed by atoms with Gasteiger partial charge in [0.05, 0.1) is 0 Å². The molecular weight excluding hydrogens is 368 g/mol. The molecule has 0 spiro atoms. The third-order valence-electron chi connectivity index (χ3n) is 6.69. The average Bonchev–Trinajstić information content (AvgIpc) is 3.35. The highest BCUT2D eigenvalue weighted by atomic mass is 14.9. The average molecular weight is 401 g/mol. The lowest BCUT2D eigenvalue weighted by atomic mass is 9.75.